The zero-order valence-electron chi connectivity index (χ0n) is 21.1. The van der Waals surface area contributed by atoms with Gasteiger partial charge in [0, 0.05) is 11.1 Å². The fraction of sp³-hybridized carbons (Fsp3) is 0.360. The van der Waals surface area contributed by atoms with Crippen LogP contribution in [0.4, 0.5) is 0 Å². The minimum atomic E-state index is -1.15. The zero-order valence-corrected chi connectivity index (χ0v) is 21.1. The second-order valence-corrected chi connectivity index (χ2v) is 9.03. The monoisotopic (exact) mass is 511 g/mol. The van der Waals surface area contributed by atoms with Crippen molar-refractivity contribution in [3.8, 4) is 22.7 Å². The number of hydrogen-bond donors (Lipinski definition) is 4. The lowest BCUT2D eigenvalue weighted by atomic mass is 10.0. The Morgan fingerprint density at radius 2 is 1.62 bits per heavy atom. The number of aliphatic carboxylic acids is 1. The summed E-state index contributed by atoms with van der Waals surface area (Å²) in [6.07, 6.45) is 1.22. The van der Waals surface area contributed by atoms with E-state index in [1.165, 1.54) is 19.4 Å². The number of hydrogen-bond acceptors (Lipinski definition) is 8. The minimum absolute atomic E-state index is 0.128. The third kappa shape index (κ3) is 6.40. The number of carboxylic acid groups (broad SMARTS) is 1. The number of H-pyrrole nitrogens is 1. The van der Waals surface area contributed by atoms with Crippen LogP contribution in [0.25, 0.3) is 22.7 Å². The molecule has 0 bridgehead atoms. The van der Waals surface area contributed by atoms with Crippen LogP contribution in [0.1, 0.15) is 48.7 Å². The van der Waals surface area contributed by atoms with Gasteiger partial charge in [-0.3, -0.25) is 14.7 Å². The number of ether oxygens (including phenoxy) is 1. The molecule has 0 fully saturated rings. The van der Waals surface area contributed by atoms with Crippen LogP contribution in [0, 0.1) is 11.8 Å². The number of rotatable bonds is 10. The van der Waals surface area contributed by atoms with Crippen LogP contribution in [0.5, 0.6) is 0 Å². The number of oxazole rings is 1. The number of carbonyl (C=O) groups is 4. The first-order valence-corrected chi connectivity index (χ1v) is 11.6. The van der Waals surface area contributed by atoms with Gasteiger partial charge in [0.2, 0.25) is 11.7 Å². The van der Waals surface area contributed by atoms with Gasteiger partial charge in [0.15, 0.2) is 0 Å². The number of nitrogens with zero attached hydrogens (tertiary/aromatic N) is 2. The van der Waals surface area contributed by atoms with E-state index in [9.17, 15) is 24.3 Å². The molecule has 2 amide bonds. The molecule has 2 aromatic heterocycles. The normalized spacial score (nSPS) is 12.7. The fourth-order valence-electron chi connectivity index (χ4n) is 3.48. The second-order valence-electron chi connectivity index (χ2n) is 9.03. The van der Waals surface area contributed by atoms with E-state index in [-0.39, 0.29) is 29.2 Å². The molecule has 4 N–H and O–H groups in total. The van der Waals surface area contributed by atoms with E-state index in [4.69, 9.17) is 9.15 Å². The Balaban J connectivity index is 1.77. The Bertz CT molecular complexity index is 1290. The first-order valence-electron chi connectivity index (χ1n) is 11.6. The van der Waals surface area contributed by atoms with Crippen molar-refractivity contribution in [2.45, 2.75) is 39.8 Å². The van der Waals surface area contributed by atoms with Crippen molar-refractivity contribution in [1.29, 1.82) is 0 Å². The summed E-state index contributed by atoms with van der Waals surface area (Å²) >= 11 is 0. The van der Waals surface area contributed by atoms with Crippen molar-refractivity contribution in [1.82, 2.24) is 25.8 Å². The highest BCUT2D eigenvalue weighted by Gasteiger charge is 2.27. The summed E-state index contributed by atoms with van der Waals surface area (Å²) in [4.78, 5) is 52.5. The van der Waals surface area contributed by atoms with E-state index in [2.05, 4.69) is 25.8 Å². The molecule has 2 unspecified atom stereocenters. The molecule has 12 nitrogen and oxygen atoms in total. The Kier molecular flexibility index (Phi) is 8.43. The molecule has 3 aromatic rings. The molecular formula is C25H29N5O7. The molecule has 0 saturated carbocycles. The lowest BCUT2D eigenvalue weighted by Gasteiger charge is -2.19. The third-order valence-corrected chi connectivity index (χ3v) is 5.58. The van der Waals surface area contributed by atoms with Crippen molar-refractivity contribution in [2.24, 2.45) is 11.8 Å². The van der Waals surface area contributed by atoms with Crippen molar-refractivity contribution < 1.29 is 33.4 Å². The van der Waals surface area contributed by atoms with Crippen molar-refractivity contribution in [2.75, 3.05) is 7.11 Å². The topological polar surface area (TPSA) is 177 Å². The molecule has 3 rings (SSSR count). The predicted molar refractivity (Wildman–Crippen MR) is 131 cm³/mol. The molecule has 2 atom stereocenters. The Morgan fingerprint density at radius 1 is 0.973 bits per heavy atom. The molecule has 0 aliphatic heterocycles. The van der Waals surface area contributed by atoms with Gasteiger partial charge in [-0.1, -0.05) is 39.8 Å². The minimum Gasteiger partial charge on any atom is -0.480 e. The van der Waals surface area contributed by atoms with Gasteiger partial charge < -0.3 is 24.9 Å². The lowest BCUT2D eigenvalue weighted by Crippen LogP contribution is -2.45. The molecule has 196 valence electrons. The predicted octanol–water partition coefficient (Wildman–Crippen LogP) is 2.50. The van der Waals surface area contributed by atoms with Gasteiger partial charge in [0.05, 0.1) is 19.0 Å². The van der Waals surface area contributed by atoms with Gasteiger partial charge in [-0.05, 0) is 30.0 Å². The second kappa shape index (κ2) is 11.5. The molecule has 0 aliphatic carbocycles. The van der Waals surface area contributed by atoms with Gasteiger partial charge in [0.25, 0.3) is 11.8 Å². The molecular weight excluding hydrogens is 482 g/mol. The van der Waals surface area contributed by atoms with E-state index in [0.717, 1.165) is 0 Å². The van der Waals surface area contributed by atoms with E-state index >= 15 is 0 Å². The number of nitrogens with one attached hydrogen (secondary N) is 3. The summed E-state index contributed by atoms with van der Waals surface area (Å²) in [5.41, 5.74) is 1.78. The average molecular weight is 512 g/mol. The smallest absolute Gasteiger partial charge is 0.328 e. The van der Waals surface area contributed by atoms with Gasteiger partial charge in [0.1, 0.15) is 17.8 Å². The van der Waals surface area contributed by atoms with Crippen molar-refractivity contribution in [3.63, 3.8) is 0 Å². The van der Waals surface area contributed by atoms with Crippen LogP contribution in [0.3, 0.4) is 0 Å². The van der Waals surface area contributed by atoms with Gasteiger partial charge in [-0.25, -0.2) is 14.6 Å². The van der Waals surface area contributed by atoms with Crippen molar-refractivity contribution >= 4 is 23.8 Å². The van der Waals surface area contributed by atoms with E-state index < -0.39 is 35.8 Å². The highest BCUT2D eigenvalue weighted by atomic mass is 16.5. The Hall–Kier alpha value is -4.48. The zero-order chi connectivity index (χ0) is 27.3. The summed E-state index contributed by atoms with van der Waals surface area (Å²) in [6, 6.07) is 6.59. The molecule has 0 saturated heterocycles. The largest absolute Gasteiger partial charge is 0.480 e. The third-order valence-electron chi connectivity index (χ3n) is 5.58. The number of benzene rings is 1. The van der Waals surface area contributed by atoms with Crippen LogP contribution in [-0.4, -0.2) is 63.2 Å². The summed E-state index contributed by atoms with van der Waals surface area (Å²) in [7, 11) is 1.26. The number of aromatic nitrogens is 3. The molecule has 2 heterocycles. The van der Waals surface area contributed by atoms with E-state index in [0.29, 0.717) is 16.8 Å². The maximum Gasteiger partial charge on any atom is 0.328 e. The number of carboxylic acids is 1. The molecule has 0 aliphatic rings. The maximum atomic E-state index is 12.7. The molecule has 0 spiro atoms. The van der Waals surface area contributed by atoms with Crippen LogP contribution >= 0.6 is 0 Å². The van der Waals surface area contributed by atoms with Gasteiger partial charge >= 0.3 is 11.9 Å². The lowest BCUT2D eigenvalue weighted by molar-refractivity contribution is -0.144. The van der Waals surface area contributed by atoms with Crippen LogP contribution < -0.4 is 10.6 Å². The number of methoxy groups -OCH3 is 1. The summed E-state index contributed by atoms with van der Waals surface area (Å²) in [5.74, 6) is -3.37. The van der Waals surface area contributed by atoms with E-state index in [1.807, 2.05) is 0 Å². The molecule has 12 heteroatoms. The average Bonchev–Trinajstić information content (AvgIpc) is 3.55. The molecule has 37 heavy (non-hydrogen) atoms. The summed E-state index contributed by atoms with van der Waals surface area (Å²) in [5, 5.41) is 21.2. The summed E-state index contributed by atoms with van der Waals surface area (Å²) in [6.45, 7) is 6.95. The van der Waals surface area contributed by atoms with E-state index in [1.54, 1.807) is 52.0 Å². The highest BCUT2D eigenvalue weighted by Crippen LogP contribution is 2.26. The summed E-state index contributed by atoms with van der Waals surface area (Å²) < 4.78 is 10.3. The van der Waals surface area contributed by atoms with Crippen LogP contribution in [0.15, 0.2) is 40.9 Å². The number of amides is 2. The highest BCUT2D eigenvalue weighted by molar-refractivity contribution is 5.96. The Morgan fingerprint density at radius 3 is 2.24 bits per heavy atom. The SMILES string of the molecule is COC(=O)C(NC(=O)c1cc(-c2cccc(-c3ncc(C(=O)NC(C(=O)O)C(C)C)o3)c2)n[nH]1)C(C)C. The number of aromatic amines is 1. The number of carbonyl (C=O) groups excluding carboxylic acids is 3. The standard InChI is InChI=1S/C25H29N5O7/c1-12(2)19(24(33)34)27-22(32)18-11-26-23(37-18)15-8-6-7-14(9-15)16-10-17(30-29-16)21(31)28-20(13(3)4)25(35)36-5/h6-13,19-20H,1-5H3,(H,27,32)(H,28,31)(H,29,30)(H,33,34). The maximum absolute atomic E-state index is 12.7. The van der Waals surface area contributed by atoms with Gasteiger partial charge in [-0.15, -0.1) is 0 Å². The van der Waals surface area contributed by atoms with Crippen molar-refractivity contribution in [3.05, 3.63) is 48.0 Å². The van der Waals surface area contributed by atoms with Gasteiger partial charge in [-0.2, -0.15) is 5.10 Å². The first-order chi connectivity index (χ1) is 17.5. The first kappa shape index (κ1) is 27.1. The Labute approximate surface area is 212 Å². The van der Waals surface area contributed by atoms with Crippen LogP contribution in [0.2, 0.25) is 0 Å². The quantitative estimate of drug-likeness (QED) is 0.298. The number of esters is 1. The molecule has 1 aromatic carbocycles. The van der Waals surface area contributed by atoms with Crippen LogP contribution in [-0.2, 0) is 14.3 Å². The molecule has 0 radical (unpaired) electrons. The fourth-order valence-corrected chi connectivity index (χ4v) is 3.48.